The molecular weight excluding hydrogens is 476 g/mol. The Morgan fingerprint density at radius 2 is 1.89 bits per heavy atom. The Bertz CT molecular complexity index is 1260. The van der Waals surface area contributed by atoms with Gasteiger partial charge in [-0.1, -0.05) is 11.6 Å². The summed E-state index contributed by atoms with van der Waals surface area (Å²) in [6.07, 6.45) is 6.55. The summed E-state index contributed by atoms with van der Waals surface area (Å²) in [5, 5.41) is 9.61. The third-order valence-corrected chi connectivity index (χ3v) is 6.75. The normalized spacial score (nSPS) is 15.0. The van der Waals surface area contributed by atoms with Gasteiger partial charge >= 0.3 is 0 Å². The quantitative estimate of drug-likeness (QED) is 0.386. The van der Waals surface area contributed by atoms with Crippen molar-refractivity contribution in [3.63, 3.8) is 0 Å². The Balaban J connectivity index is 1.20. The third-order valence-electron chi connectivity index (χ3n) is 6.51. The van der Waals surface area contributed by atoms with Crippen molar-refractivity contribution in [2.45, 2.75) is 32.1 Å². The maximum absolute atomic E-state index is 12.5. The number of nitrogens with zero attached hydrogens (tertiary/aromatic N) is 3. The topological polar surface area (TPSA) is 99.2 Å². The molecule has 3 heterocycles. The number of likely N-dealkylation sites (tertiary alicyclic amines) is 1. The van der Waals surface area contributed by atoms with Gasteiger partial charge in [0.05, 0.1) is 17.8 Å². The van der Waals surface area contributed by atoms with Crippen LogP contribution in [-0.2, 0) is 11.2 Å². The summed E-state index contributed by atoms with van der Waals surface area (Å²) >= 11 is 6.12. The van der Waals surface area contributed by atoms with E-state index in [1.807, 2.05) is 18.2 Å². The molecule has 2 aliphatic rings. The second-order valence-electron chi connectivity index (χ2n) is 9.20. The van der Waals surface area contributed by atoms with Crippen molar-refractivity contribution in [2.24, 2.45) is 0 Å². The zero-order chi connectivity index (χ0) is 24.9. The molecule has 186 valence electrons. The van der Waals surface area contributed by atoms with E-state index in [1.165, 1.54) is 25.9 Å². The van der Waals surface area contributed by atoms with Crippen LogP contribution in [0.5, 0.6) is 0 Å². The highest BCUT2D eigenvalue weighted by Gasteiger charge is 2.21. The van der Waals surface area contributed by atoms with Gasteiger partial charge in [-0.05, 0) is 87.8 Å². The summed E-state index contributed by atoms with van der Waals surface area (Å²) < 4.78 is 0. The van der Waals surface area contributed by atoms with E-state index >= 15 is 0 Å². The number of unbranched alkanes of at least 4 members (excludes halogenated alkanes) is 1. The summed E-state index contributed by atoms with van der Waals surface area (Å²) in [7, 11) is 0. The molecule has 0 unspecified atom stereocenters. The standard InChI is InChI=1S/C27H29ClN6O2/c28-20-7-10-22-23(16-20)32-24(35)15-19-17-30-27(33-25(19)22)31-21-8-5-18(6-9-21)26(36)29-11-1-2-12-34-13-3-4-14-34/h5-10,16-17H,1-4,11-15H2,(H,29,36)(H,32,35)(H,30,31,33). The van der Waals surface area contributed by atoms with E-state index in [0.29, 0.717) is 34.5 Å². The molecule has 3 aromatic rings. The Labute approximate surface area is 215 Å². The molecule has 2 amide bonds. The SMILES string of the molecule is O=C1Cc2cnc(Nc3ccc(C(=O)NCCCCN4CCCC4)cc3)nc2-c2ccc(Cl)cc2N1. The van der Waals surface area contributed by atoms with Crippen molar-refractivity contribution in [1.82, 2.24) is 20.2 Å². The van der Waals surface area contributed by atoms with Crippen molar-refractivity contribution in [1.29, 1.82) is 0 Å². The van der Waals surface area contributed by atoms with E-state index in [9.17, 15) is 9.59 Å². The van der Waals surface area contributed by atoms with Crippen molar-refractivity contribution >= 4 is 40.7 Å². The first-order valence-electron chi connectivity index (χ1n) is 12.4. The Morgan fingerprint density at radius 3 is 2.69 bits per heavy atom. The molecule has 36 heavy (non-hydrogen) atoms. The van der Waals surface area contributed by atoms with Gasteiger partial charge in [-0.25, -0.2) is 9.97 Å². The number of amides is 2. The Hall–Kier alpha value is -3.49. The third kappa shape index (κ3) is 5.83. The molecule has 2 aromatic carbocycles. The number of hydrogen-bond donors (Lipinski definition) is 3. The number of halogens is 1. The lowest BCUT2D eigenvalue weighted by atomic mass is 10.1. The van der Waals surface area contributed by atoms with Crippen molar-refractivity contribution < 1.29 is 9.59 Å². The fraction of sp³-hybridized carbons (Fsp3) is 0.333. The first-order valence-corrected chi connectivity index (χ1v) is 12.8. The molecule has 0 spiro atoms. The summed E-state index contributed by atoms with van der Waals surface area (Å²) in [5.74, 6) is 0.192. The largest absolute Gasteiger partial charge is 0.352 e. The average molecular weight is 505 g/mol. The van der Waals surface area contributed by atoms with Crippen LogP contribution in [0.3, 0.4) is 0 Å². The van der Waals surface area contributed by atoms with E-state index < -0.39 is 0 Å². The number of hydrogen-bond acceptors (Lipinski definition) is 6. The summed E-state index contributed by atoms with van der Waals surface area (Å²) in [6.45, 7) is 4.22. The van der Waals surface area contributed by atoms with Gasteiger partial charge in [-0.2, -0.15) is 0 Å². The molecule has 0 saturated carbocycles. The van der Waals surface area contributed by atoms with Crippen LogP contribution in [-0.4, -0.2) is 52.9 Å². The number of aromatic nitrogens is 2. The average Bonchev–Trinajstić information content (AvgIpc) is 3.34. The number of nitrogens with one attached hydrogen (secondary N) is 3. The van der Waals surface area contributed by atoms with Crippen molar-refractivity contribution in [3.8, 4) is 11.3 Å². The van der Waals surface area contributed by atoms with Gasteiger partial charge in [0, 0.05) is 40.1 Å². The predicted octanol–water partition coefficient (Wildman–Crippen LogP) is 4.64. The van der Waals surface area contributed by atoms with Gasteiger partial charge in [-0.15, -0.1) is 0 Å². The second-order valence-corrected chi connectivity index (χ2v) is 9.63. The van der Waals surface area contributed by atoms with Crippen LogP contribution < -0.4 is 16.0 Å². The molecule has 8 nitrogen and oxygen atoms in total. The summed E-state index contributed by atoms with van der Waals surface area (Å²) in [4.78, 5) is 36.3. The van der Waals surface area contributed by atoms with E-state index in [0.717, 1.165) is 36.2 Å². The zero-order valence-electron chi connectivity index (χ0n) is 20.0. The van der Waals surface area contributed by atoms with Crippen LogP contribution in [0, 0.1) is 0 Å². The number of carbonyl (C=O) groups excluding carboxylic acids is 2. The molecule has 1 fully saturated rings. The first kappa shape index (κ1) is 24.2. The molecule has 0 atom stereocenters. The monoisotopic (exact) mass is 504 g/mol. The van der Waals surface area contributed by atoms with Crippen LogP contribution >= 0.6 is 11.6 Å². The molecular formula is C27H29ClN6O2. The molecule has 1 saturated heterocycles. The fourth-order valence-corrected chi connectivity index (χ4v) is 4.80. The van der Waals surface area contributed by atoms with E-state index in [4.69, 9.17) is 11.6 Å². The van der Waals surface area contributed by atoms with Crippen LogP contribution in [0.1, 0.15) is 41.6 Å². The predicted molar refractivity (Wildman–Crippen MR) is 142 cm³/mol. The highest BCUT2D eigenvalue weighted by Crippen LogP contribution is 2.34. The number of fused-ring (bicyclic) bond motifs is 3. The lowest BCUT2D eigenvalue weighted by Crippen LogP contribution is -2.26. The van der Waals surface area contributed by atoms with Gasteiger partial charge in [0.2, 0.25) is 11.9 Å². The second kappa shape index (κ2) is 11.1. The fourth-order valence-electron chi connectivity index (χ4n) is 4.63. The molecule has 5 rings (SSSR count). The Morgan fingerprint density at radius 1 is 1.08 bits per heavy atom. The maximum Gasteiger partial charge on any atom is 0.251 e. The van der Waals surface area contributed by atoms with Gasteiger partial charge in [0.25, 0.3) is 5.91 Å². The number of benzene rings is 2. The highest BCUT2D eigenvalue weighted by molar-refractivity contribution is 6.31. The lowest BCUT2D eigenvalue weighted by molar-refractivity contribution is -0.115. The van der Waals surface area contributed by atoms with Crippen LogP contribution in [0.25, 0.3) is 11.3 Å². The minimum absolute atomic E-state index is 0.0727. The molecule has 2 aliphatic heterocycles. The minimum Gasteiger partial charge on any atom is -0.352 e. The minimum atomic E-state index is -0.137. The number of rotatable bonds is 8. The van der Waals surface area contributed by atoms with Crippen LogP contribution in [0.2, 0.25) is 5.02 Å². The molecule has 0 bridgehead atoms. The molecule has 1 aromatic heterocycles. The van der Waals surface area contributed by atoms with Crippen molar-refractivity contribution in [2.75, 3.05) is 36.8 Å². The lowest BCUT2D eigenvalue weighted by Gasteiger charge is -2.14. The van der Waals surface area contributed by atoms with Crippen LogP contribution in [0.15, 0.2) is 48.7 Å². The molecule has 0 radical (unpaired) electrons. The van der Waals surface area contributed by atoms with Gasteiger partial charge in [0.15, 0.2) is 0 Å². The molecule has 3 N–H and O–H groups in total. The van der Waals surface area contributed by atoms with Gasteiger partial charge < -0.3 is 20.9 Å². The van der Waals surface area contributed by atoms with E-state index in [2.05, 4.69) is 30.8 Å². The smallest absolute Gasteiger partial charge is 0.251 e. The van der Waals surface area contributed by atoms with Crippen LogP contribution in [0.4, 0.5) is 17.3 Å². The van der Waals surface area contributed by atoms with E-state index in [1.54, 1.807) is 30.5 Å². The van der Waals surface area contributed by atoms with E-state index in [-0.39, 0.29) is 18.2 Å². The maximum atomic E-state index is 12.5. The zero-order valence-corrected chi connectivity index (χ0v) is 20.8. The molecule has 0 aliphatic carbocycles. The Kier molecular flexibility index (Phi) is 7.44. The number of anilines is 3. The number of carbonyl (C=O) groups is 2. The van der Waals surface area contributed by atoms with Crippen molar-refractivity contribution in [3.05, 3.63) is 64.8 Å². The highest BCUT2D eigenvalue weighted by atomic mass is 35.5. The first-order chi connectivity index (χ1) is 17.5. The van der Waals surface area contributed by atoms with Gasteiger partial charge in [-0.3, -0.25) is 9.59 Å². The van der Waals surface area contributed by atoms with Gasteiger partial charge in [0.1, 0.15) is 0 Å². The summed E-state index contributed by atoms with van der Waals surface area (Å²) in [5.41, 5.74) is 4.21. The molecule has 9 heteroatoms. The summed E-state index contributed by atoms with van der Waals surface area (Å²) in [6, 6.07) is 12.6.